The average molecular weight is 526 g/mol. The summed E-state index contributed by atoms with van der Waals surface area (Å²) in [5, 5.41) is 0. The number of nitrogens with zero attached hydrogens (tertiary/aromatic N) is 2. The standard InChI is InChI=1S/C26H26N2O10/c1-15(29)35-21-9-19(10-22(13-21)36-16(2)30)25(33)27-5-7-28(8-6-27)26(34)20-11-23(37-17(3)31)14-24(12-20)38-18(4)32/h9-14H,5-8H2,1-4H3. The number of hydrogen-bond donors (Lipinski definition) is 0. The van der Waals surface area contributed by atoms with Crippen LogP contribution in [0.5, 0.6) is 23.0 Å². The molecular formula is C26H26N2O10. The molecule has 0 aromatic heterocycles. The Balaban J connectivity index is 1.75. The zero-order valence-electron chi connectivity index (χ0n) is 21.3. The number of hydrogen-bond acceptors (Lipinski definition) is 10. The third kappa shape index (κ3) is 7.63. The zero-order valence-corrected chi connectivity index (χ0v) is 21.3. The first-order valence-electron chi connectivity index (χ1n) is 11.5. The van der Waals surface area contributed by atoms with Crippen molar-refractivity contribution < 1.29 is 47.7 Å². The molecule has 12 nitrogen and oxygen atoms in total. The number of benzene rings is 2. The van der Waals surface area contributed by atoms with Crippen LogP contribution in [0.1, 0.15) is 48.4 Å². The van der Waals surface area contributed by atoms with Gasteiger partial charge >= 0.3 is 23.9 Å². The van der Waals surface area contributed by atoms with Crippen LogP contribution in [0.25, 0.3) is 0 Å². The molecule has 0 atom stereocenters. The van der Waals surface area contributed by atoms with Gasteiger partial charge < -0.3 is 28.7 Å². The van der Waals surface area contributed by atoms with Gasteiger partial charge in [0.1, 0.15) is 23.0 Å². The first-order chi connectivity index (χ1) is 17.9. The third-order valence-electron chi connectivity index (χ3n) is 5.15. The van der Waals surface area contributed by atoms with Crippen LogP contribution in [-0.4, -0.2) is 71.7 Å². The molecule has 0 bridgehead atoms. The molecule has 3 rings (SSSR count). The van der Waals surface area contributed by atoms with E-state index in [1.807, 2.05) is 0 Å². The molecule has 1 heterocycles. The zero-order chi connectivity index (χ0) is 28.0. The molecule has 2 aromatic rings. The molecule has 2 amide bonds. The van der Waals surface area contributed by atoms with Crippen LogP contribution in [0.2, 0.25) is 0 Å². The van der Waals surface area contributed by atoms with Crippen LogP contribution in [0, 0.1) is 0 Å². The molecule has 0 unspecified atom stereocenters. The number of carbonyl (C=O) groups excluding carboxylic acids is 6. The van der Waals surface area contributed by atoms with Crippen LogP contribution < -0.4 is 18.9 Å². The fraction of sp³-hybridized carbons (Fsp3) is 0.308. The average Bonchev–Trinajstić information content (AvgIpc) is 2.81. The lowest BCUT2D eigenvalue weighted by atomic mass is 10.1. The molecule has 0 aliphatic carbocycles. The Morgan fingerprint density at radius 2 is 0.711 bits per heavy atom. The van der Waals surface area contributed by atoms with Gasteiger partial charge in [-0.05, 0) is 24.3 Å². The van der Waals surface area contributed by atoms with Gasteiger partial charge in [-0.1, -0.05) is 0 Å². The van der Waals surface area contributed by atoms with Crippen LogP contribution in [0.15, 0.2) is 36.4 Å². The van der Waals surface area contributed by atoms with E-state index >= 15 is 0 Å². The molecule has 2 aromatic carbocycles. The van der Waals surface area contributed by atoms with Gasteiger partial charge in [0.2, 0.25) is 0 Å². The second-order valence-electron chi connectivity index (χ2n) is 8.35. The minimum absolute atomic E-state index is 0.0460. The van der Waals surface area contributed by atoms with Gasteiger partial charge in [0.15, 0.2) is 0 Å². The lowest BCUT2D eigenvalue weighted by Crippen LogP contribution is -2.50. The Bertz CT molecular complexity index is 1130. The number of rotatable bonds is 6. The number of ether oxygens (including phenoxy) is 4. The summed E-state index contributed by atoms with van der Waals surface area (Å²) in [6.07, 6.45) is 0. The summed E-state index contributed by atoms with van der Waals surface area (Å²) in [5.41, 5.74) is 0.278. The van der Waals surface area contributed by atoms with E-state index in [-0.39, 0.29) is 60.3 Å². The van der Waals surface area contributed by atoms with E-state index in [2.05, 4.69) is 0 Å². The summed E-state index contributed by atoms with van der Waals surface area (Å²) in [6.45, 7) is 5.55. The molecule has 0 N–H and O–H groups in total. The van der Waals surface area contributed by atoms with Crippen molar-refractivity contribution in [2.75, 3.05) is 26.2 Å². The van der Waals surface area contributed by atoms with E-state index in [9.17, 15) is 28.8 Å². The van der Waals surface area contributed by atoms with Gasteiger partial charge in [-0.25, -0.2) is 0 Å². The molecule has 1 saturated heterocycles. The largest absolute Gasteiger partial charge is 0.427 e. The van der Waals surface area contributed by atoms with Gasteiger partial charge in [0.25, 0.3) is 11.8 Å². The lowest BCUT2D eigenvalue weighted by Gasteiger charge is -2.35. The molecule has 38 heavy (non-hydrogen) atoms. The van der Waals surface area contributed by atoms with Crippen molar-refractivity contribution >= 4 is 35.7 Å². The van der Waals surface area contributed by atoms with E-state index in [1.165, 1.54) is 73.9 Å². The first-order valence-corrected chi connectivity index (χ1v) is 11.5. The smallest absolute Gasteiger partial charge is 0.308 e. The van der Waals surface area contributed by atoms with Crippen LogP contribution in [0.4, 0.5) is 0 Å². The van der Waals surface area contributed by atoms with E-state index < -0.39 is 35.7 Å². The first kappa shape index (κ1) is 27.8. The minimum atomic E-state index is -0.606. The molecular weight excluding hydrogens is 500 g/mol. The molecule has 0 saturated carbocycles. The highest BCUT2D eigenvalue weighted by atomic mass is 16.6. The molecule has 1 fully saturated rings. The van der Waals surface area contributed by atoms with Crippen molar-refractivity contribution in [3.8, 4) is 23.0 Å². The van der Waals surface area contributed by atoms with Gasteiger partial charge in [0.05, 0.1) is 0 Å². The molecule has 1 aliphatic rings. The third-order valence-corrected chi connectivity index (χ3v) is 5.15. The normalized spacial score (nSPS) is 12.8. The monoisotopic (exact) mass is 526 g/mol. The van der Waals surface area contributed by atoms with Crippen molar-refractivity contribution in [1.82, 2.24) is 9.80 Å². The molecule has 12 heteroatoms. The predicted molar refractivity (Wildman–Crippen MR) is 130 cm³/mol. The van der Waals surface area contributed by atoms with E-state index in [1.54, 1.807) is 0 Å². The van der Waals surface area contributed by atoms with Crippen molar-refractivity contribution in [2.24, 2.45) is 0 Å². The Morgan fingerprint density at radius 3 is 0.921 bits per heavy atom. The number of amides is 2. The summed E-state index contributed by atoms with van der Waals surface area (Å²) >= 11 is 0. The Kier molecular flexibility index (Phi) is 8.79. The fourth-order valence-corrected chi connectivity index (χ4v) is 3.77. The topological polar surface area (TPSA) is 146 Å². The van der Waals surface area contributed by atoms with E-state index in [0.717, 1.165) is 0 Å². The number of esters is 4. The van der Waals surface area contributed by atoms with Gasteiger partial charge in [-0.2, -0.15) is 0 Å². The molecule has 0 radical (unpaired) electrons. The van der Waals surface area contributed by atoms with Gasteiger partial charge in [0, 0.05) is 77.1 Å². The fourth-order valence-electron chi connectivity index (χ4n) is 3.77. The molecule has 200 valence electrons. The van der Waals surface area contributed by atoms with Crippen molar-refractivity contribution in [3.63, 3.8) is 0 Å². The van der Waals surface area contributed by atoms with Crippen molar-refractivity contribution in [3.05, 3.63) is 47.5 Å². The van der Waals surface area contributed by atoms with Gasteiger partial charge in [-0.3, -0.25) is 28.8 Å². The lowest BCUT2D eigenvalue weighted by molar-refractivity contribution is -0.133. The molecule has 1 aliphatic heterocycles. The SMILES string of the molecule is CC(=O)Oc1cc(OC(C)=O)cc(C(=O)N2CCN(C(=O)c3cc(OC(C)=O)cc(OC(C)=O)c3)CC2)c1. The maximum Gasteiger partial charge on any atom is 0.308 e. The second kappa shape index (κ2) is 12.0. The second-order valence-corrected chi connectivity index (χ2v) is 8.35. The Morgan fingerprint density at radius 1 is 0.474 bits per heavy atom. The summed E-state index contributed by atoms with van der Waals surface area (Å²) in [7, 11) is 0. The van der Waals surface area contributed by atoms with Crippen LogP contribution >= 0.6 is 0 Å². The van der Waals surface area contributed by atoms with E-state index in [0.29, 0.717) is 0 Å². The summed E-state index contributed by atoms with van der Waals surface area (Å²) in [5.74, 6) is -3.06. The predicted octanol–water partition coefficient (Wildman–Crippen LogP) is 1.99. The maximum atomic E-state index is 13.2. The highest BCUT2D eigenvalue weighted by Gasteiger charge is 2.27. The Labute approximate surface area is 218 Å². The highest BCUT2D eigenvalue weighted by molar-refractivity contribution is 5.97. The highest BCUT2D eigenvalue weighted by Crippen LogP contribution is 2.27. The van der Waals surface area contributed by atoms with Crippen molar-refractivity contribution in [2.45, 2.75) is 27.7 Å². The maximum absolute atomic E-state index is 13.2. The summed E-state index contributed by atoms with van der Waals surface area (Å²) in [4.78, 5) is 74.9. The Hall–Kier alpha value is -4.74. The van der Waals surface area contributed by atoms with Crippen molar-refractivity contribution in [1.29, 1.82) is 0 Å². The van der Waals surface area contributed by atoms with Crippen LogP contribution in [-0.2, 0) is 19.2 Å². The van der Waals surface area contributed by atoms with E-state index in [4.69, 9.17) is 18.9 Å². The summed E-state index contributed by atoms with van der Waals surface area (Å²) in [6, 6.07) is 8.11. The minimum Gasteiger partial charge on any atom is -0.427 e. The quantitative estimate of drug-likeness (QED) is 0.404. The summed E-state index contributed by atoms with van der Waals surface area (Å²) < 4.78 is 20.3. The van der Waals surface area contributed by atoms with Gasteiger partial charge in [-0.15, -0.1) is 0 Å². The number of carbonyl (C=O) groups is 6. The van der Waals surface area contributed by atoms with Crippen LogP contribution in [0.3, 0.4) is 0 Å². The molecule has 0 spiro atoms. The number of piperazine rings is 1.